The van der Waals surface area contributed by atoms with Gasteiger partial charge < -0.3 is 5.73 Å². The Bertz CT molecular complexity index is 767. The van der Waals surface area contributed by atoms with E-state index in [-0.39, 0.29) is 0 Å². The van der Waals surface area contributed by atoms with E-state index in [0.29, 0.717) is 26.8 Å². The number of primary amides is 1. The van der Waals surface area contributed by atoms with Crippen LogP contribution in [0.5, 0.6) is 0 Å². The lowest BCUT2D eigenvalue weighted by Gasteiger charge is -2.08. The van der Waals surface area contributed by atoms with Crippen molar-refractivity contribution >= 4 is 32.9 Å². The van der Waals surface area contributed by atoms with E-state index in [1.807, 2.05) is 30.3 Å². The number of carbonyl (C=O) groups excluding carboxylic acids is 1. The Morgan fingerprint density at radius 3 is 2.74 bits per heavy atom. The molecule has 0 fully saturated rings. The lowest BCUT2D eigenvalue weighted by Crippen LogP contribution is -2.13. The van der Waals surface area contributed by atoms with E-state index in [0.717, 1.165) is 5.56 Å². The Labute approximate surface area is 117 Å². The second-order valence-electron chi connectivity index (χ2n) is 3.94. The number of rotatable bonds is 2. The second-order valence-corrected chi connectivity index (χ2v) is 4.73. The number of carbonyl (C=O) groups is 1. The van der Waals surface area contributed by atoms with Crippen molar-refractivity contribution in [2.75, 3.05) is 0 Å². The predicted octanol–water partition coefficient (Wildman–Crippen LogP) is 2.29. The summed E-state index contributed by atoms with van der Waals surface area (Å²) in [7, 11) is 0. The van der Waals surface area contributed by atoms with Gasteiger partial charge in [-0.2, -0.15) is 5.10 Å². The summed E-state index contributed by atoms with van der Waals surface area (Å²) in [5.74, 6) is -0.547. The number of H-pyrrole nitrogens is 1. The fourth-order valence-corrected chi connectivity index (χ4v) is 2.62. The van der Waals surface area contributed by atoms with Crippen molar-refractivity contribution in [2.45, 2.75) is 0 Å². The maximum absolute atomic E-state index is 11.6. The molecule has 2 heterocycles. The average Bonchev–Trinajstić information content (AvgIpc) is 2.86. The molecule has 19 heavy (non-hydrogen) atoms. The molecule has 0 aliphatic carbocycles. The fraction of sp³-hybridized carbons (Fsp3) is 0. The van der Waals surface area contributed by atoms with Crippen LogP contribution in [0.1, 0.15) is 10.4 Å². The summed E-state index contributed by atoms with van der Waals surface area (Å²) >= 11 is 3.40. The maximum atomic E-state index is 11.6. The van der Waals surface area contributed by atoms with Crippen LogP contribution in [0.15, 0.2) is 34.8 Å². The van der Waals surface area contributed by atoms with E-state index < -0.39 is 5.91 Å². The maximum Gasteiger partial charge on any atom is 0.250 e. The monoisotopic (exact) mass is 315 g/mol. The highest BCUT2D eigenvalue weighted by Crippen LogP contribution is 2.32. The number of benzene rings is 1. The molecule has 6 heteroatoms. The van der Waals surface area contributed by atoms with Crippen LogP contribution < -0.4 is 5.73 Å². The van der Waals surface area contributed by atoms with E-state index in [4.69, 9.17) is 5.73 Å². The zero-order valence-electron chi connectivity index (χ0n) is 9.64. The molecule has 1 amide bonds. The van der Waals surface area contributed by atoms with Crippen LogP contribution in [0.4, 0.5) is 0 Å². The molecule has 1 radical (unpaired) electrons. The molecule has 93 valence electrons. The summed E-state index contributed by atoms with van der Waals surface area (Å²) < 4.78 is 0.552. The first kappa shape index (κ1) is 11.9. The molecule has 0 aliphatic heterocycles. The number of nitrogens with two attached hydrogens (primary N) is 1. The molecule has 3 N–H and O–H groups in total. The smallest absolute Gasteiger partial charge is 0.250 e. The van der Waals surface area contributed by atoms with Crippen molar-refractivity contribution in [1.29, 1.82) is 0 Å². The fourth-order valence-electron chi connectivity index (χ4n) is 1.91. The van der Waals surface area contributed by atoms with Gasteiger partial charge in [0.15, 0.2) is 5.65 Å². The van der Waals surface area contributed by atoms with Crippen molar-refractivity contribution in [1.82, 2.24) is 15.2 Å². The van der Waals surface area contributed by atoms with Crippen LogP contribution in [0, 0.1) is 6.20 Å². The molecule has 1 aromatic carbocycles. The molecule has 3 aromatic rings. The molecule has 5 nitrogen and oxygen atoms in total. The van der Waals surface area contributed by atoms with E-state index in [1.54, 1.807) is 0 Å². The number of nitrogens with zero attached hydrogens (tertiary/aromatic N) is 2. The highest BCUT2D eigenvalue weighted by Gasteiger charge is 2.19. The third-order valence-electron chi connectivity index (χ3n) is 2.76. The normalized spacial score (nSPS) is 10.8. The van der Waals surface area contributed by atoms with Crippen LogP contribution in [-0.2, 0) is 0 Å². The Morgan fingerprint density at radius 1 is 1.32 bits per heavy atom. The molecule has 3 rings (SSSR count). The van der Waals surface area contributed by atoms with Gasteiger partial charge in [0.05, 0.1) is 21.1 Å². The van der Waals surface area contributed by atoms with E-state index in [2.05, 4.69) is 37.3 Å². The number of aromatic nitrogens is 3. The zero-order chi connectivity index (χ0) is 13.4. The Morgan fingerprint density at radius 2 is 2.05 bits per heavy atom. The topological polar surface area (TPSA) is 84.7 Å². The molecular weight excluding hydrogens is 308 g/mol. The highest BCUT2D eigenvalue weighted by atomic mass is 79.9. The second kappa shape index (κ2) is 4.47. The minimum absolute atomic E-state index is 0.331. The lowest BCUT2D eigenvalue weighted by molar-refractivity contribution is 0.100. The zero-order valence-corrected chi connectivity index (χ0v) is 11.2. The molecule has 2 aromatic heterocycles. The first-order valence-electron chi connectivity index (χ1n) is 5.49. The van der Waals surface area contributed by atoms with Gasteiger partial charge in [-0.05, 0) is 15.9 Å². The number of aromatic amines is 1. The molecular formula is C13H8BrN4O. The van der Waals surface area contributed by atoms with Crippen LogP contribution in [0.25, 0.3) is 22.3 Å². The molecule has 0 unspecified atom stereocenters. The van der Waals surface area contributed by atoms with Gasteiger partial charge in [0, 0.05) is 5.56 Å². The number of pyridine rings is 1. The molecule has 0 spiro atoms. The van der Waals surface area contributed by atoms with Gasteiger partial charge in [-0.15, -0.1) is 0 Å². The Balaban J connectivity index is 2.38. The molecule has 0 atom stereocenters. The van der Waals surface area contributed by atoms with Crippen molar-refractivity contribution in [3.05, 3.63) is 46.6 Å². The summed E-state index contributed by atoms with van der Waals surface area (Å²) in [6.07, 6.45) is 2.69. The van der Waals surface area contributed by atoms with Gasteiger partial charge in [-0.25, -0.2) is 4.98 Å². The van der Waals surface area contributed by atoms with Gasteiger partial charge in [0.25, 0.3) is 5.91 Å². The number of hydrogen-bond acceptors (Lipinski definition) is 3. The summed E-state index contributed by atoms with van der Waals surface area (Å²) in [4.78, 5) is 16.1. The Hall–Kier alpha value is -2.21. The van der Waals surface area contributed by atoms with Crippen molar-refractivity contribution in [3.63, 3.8) is 0 Å². The molecule has 0 saturated heterocycles. The van der Waals surface area contributed by atoms with Crippen molar-refractivity contribution in [2.24, 2.45) is 5.73 Å². The average molecular weight is 316 g/mol. The van der Waals surface area contributed by atoms with Gasteiger partial charge in [0.1, 0.15) is 6.20 Å². The molecule has 0 bridgehead atoms. The van der Waals surface area contributed by atoms with E-state index >= 15 is 0 Å². The third-order valence-corrected chi connectivity index (χ3v) is 3.53. The van der Waals surface area contributed by atoms with Crippen molar-refractivity contribution in [3.8, 4) is 11.3 Å². The van der Waals surface area contributed by atoms with Crippen molar-refractivity contribution < 1.29 is 4.79 Å². The van der Waals surface area contributed by atoms with Crippen LogP contribution in [0.3, 0.4) is 0 Å². The summed E-state index contributed by atoms with van der Waals surface area (Å²) in [6.45, 7) is 0. The third kappa shape index (κ3) is 1.90. The summed E-state index contributed by atoms with van der Waals surface area (Å²) in [5, 5.41) is 6.97. The van der Waals surface area contributed by atoms with Gasteiger partial charge in [0.2, 0.25) is 0 Å². The van der Waals surface area contributed by atoms with Crippen LogP contribution in [0.2, 0.25) is 0 Å². The first-order valence-corrected chi connectivity index (χ1v) is 6.28. The number of nitrogens with one attached hydrogen (secondary N) is 1. The lowest BCUT2D eigenvalue weighted by atomic mass is 10.1. The summed E-state index contributed by atoms with van der Waals surface area (Å²) in [5.41, 5.74) is 7.76. The number of hydrogen-bond donors (Lipinski definition) is 2. The summed E-state index contributed by atoms with van der Waals surface area (Å²) in [6, 6.07) is 9.52. The number of fused-ring (bicyclic) bond motifs is 1. The minimum Gasteiger partial charge on any atom is -0.366 e. The standard InChI is InChI=1S/C13H8BrN4O/c14-10-9(12(15)19)8-6-16-18-13(8)17-11(10)7-4-2-1-3-5-7/h1-5H,(H2,15,19)(H,16,17,18). The SMILES string of the molecule is NC(=O)c1c(Br)c(-c2ccccc2)nc2[nH]n[c]c12. The van der Waals surface area contributed by atoms with Gasteiger partial charge in [-0.1, -0.05) is 30.3 Å². The predicted molar refractivity (Wildman–Crippen MR) is 74.4 cm³/mol. The number of halogens is 1. The highest BCUT2D eigenvalue weighted by molar-refractivity contribution is 9.10. The molecule has 0 saturated carbocycles. The van der Waals surface area contributed by atoms with E-state index in [9.17, 15) is 4.79 Å². The number of amides is 1. The quantitative estimate of drug-likeness (QED) is 0.761. The van der Waals surface area contributed by atoms with Gasteiger partial charge in [-0.3, -0.25) is 9.89 Å². The first-order chi connectivity index (χ1) is 9.18. The van der Waals surface area contributed by atoms with E-state index in [1.165, 1.54) is 0 Å². The molecule has 0 aliphatic rings. The largest absolute Gasteiger partial charge is 0.366 e. The van der Waals surface area contributed by atoms with Crippen LogP contribution in [-0.4, -0.2) is 21.1 Å². The minimum atomic E-state index is -0.547. The van der Waals surface area contributed by atoms with Crippen LogP contribution >= 0.6 is 15.9 Å². The van der Waals surface area contributed by atoms with Gasteiger partial charge >= 0.3 is 0 Å². The Kier molecular flexibility index (Phi) is 2.79.